The van der Waals surface area contributed by atoms with Gasteiger partial charge in [0, 0.05) is 30.6 Å². The number of hydrogen-bond acceptors (Lipinski definition) is 6. The molecule has 144 valence electrons. The van der Waals surface area contributed by atoms with Crippen molar-refractivity contribution >= 4 is 38.7 Å². The minimum atomic E-state index is -3.57. The van der Waals surface area contributed by atoms with Crippen LogP contribution >= 0.6 is 11.6 Å². The molecule has 1 amide bonds. The summed E-state index contributed by atoms with van der Waals surface area (Å²) in [5.74, 6) is -0.741. The first-order chi connectivity index (χ1) is 12.8. The highest BCUT2D eigenvalue weighted by Crippen LogP contribution is 2.22. The Hall–Kier alpha value is -2.65. The molecule has 2 rings (SSSR count). The number of nitrogens with one attached hydrogen (secondary N) is 2. The van der Waals surface area contributed by atoms with E-state index in [1.54, 1.807) is 18.2 Å². The largest absolute Gasteiger partial charge is 0.378 e. The highest BCUT2D eigenvalue weighted by Gasteiger charge is 2.16. The van der Waals surface area contributed by atoms with E-state index in [0.29, 0.717) is 10.7 Å². The number of nitro benzene ring substituents is 1. The van der Waals surface area contributed by atoms with E-state index in [9.17, 15) is 23.3 Å². The van der Waals surface area contributed by atoms with Gasteiger partial charge in [0.1, 0.15) is 5.69 Å². The topological polar surface area (TPSA) is 118 Å². The number of carbonyl (C=O) groups excluding carboxylic acids is 1. The summed E-state index contributed by atoms with van der Waals surface area (Å²) in [5, 5.41) is 16.8. The van der Waals surface area contributed by atoms with Crippen LogP contribution in [0.15, 0.2) is 53.4 Å². The summed E-state index contributed by atoms with van der Waals surface area (Å²) in [6.07, 6.45) is -0.184. The lowest BCUT2D eigenvalue weighted by Crippen LogP contribution is -2.30. The fourth-order valence-corrected chi connectivity index (χ4v) is 3.62. The molecule has 0 spiro atoms. The molecule has 0 aliphatic rings. The van der Waals surface area contributed by atoms with Crippen LogP contribution in [-0.4, -0.2) is 38.1 Å². The van der Waals surface area contributed by atoms with Crippen LogP contribution in [0.5, 0.6) is 0 Å². The van der Waals surface area contributed by atoms with Crippen LogP contribution in [0, 0.1) is 10.1 Å². The van der Waals surface area contributed by atoms with Gasteiger partial charge in [-0.3, -0.25) is 14.9 Å². The van der Waals surface area contributed by atoms with Crippen molar-refractivity contribution in [1.82, 2.24) is 5.32 Å². The van der Waals surface area contributed by atoms with Gasteiger partial charge in [-0.1, -0.05) is 23.7 Å². The number of sulfone groups is 1. The minimum Gasteiger partial charge on any atom is -0.378 e. The van der Waals surface area contributed by atoms with E-state index < -0.39 is 20.7 Å². The van der Waals surface area contributed by atoms with Gasteiger partial charge < -0.3 is 10.6 Å². The number of anilines is 1. The summed E-state index contributed by atoms with van der Waals surface area (Å²) in [7, 11) is -3.57. The van der Waals surface area contributed by atoms with Gasteiger partial charge in [-0.15, -0.1) is 0 Å². The van der Waals surface area contributed by atoms with Gasteiger partial charge in [0.15, 0.2) is 9.84 Å². The van der Waals surface area contributed by atoms with Crippen LogP contribution in [0.25, 0.3) is 0 Å². The molecule has 2 aromatic rings. The van der Waals surface area contributed by atoms with Crippen molar-refractivity contribution in [2.24, 2.45) is 0 Å². The summed E-state index contributed by atoms with van der Waals surface area (Å²) in [4.78, 5) is 22.3. The molecule has 0 saturated carbocycles. The van der Waals surface area contributed by atoms with Gasteiger partial charge in [0.25, 0.3) is 5.69 Å². The molecule has 0 aromatic heterocycles. The Morgan fingerprint density at radius 3 is 2.41 bits per heavy atom. The van der Waals surface area contributed by atoms with Crippen LogP contribution in [0.4, 0.5) is 11.4 Å². The smallest absolute Gasteiger partial charge is 0.292 e. The zero-order chi connectivity index (χ0) is 19.9. The van der Waals surface area contributed by atoms with Gasteiger partial charge in [0.05, 0.1) is 15.6 Å². The molecular formula is C17H18ClN3O5S. The van der Waals surface area contributed by atoms with Crippen LogP contribution < -0.4 is 10.6 Å². The second-order valence-electron chi connectivity index (χ2n) is 5.57. The van der Waals surface area contributed by atoms with E-state index in [1.807, 2.05) is 0 Å². The molecule has 0 heterocycles. The predicted molar refractivity (Wildman–Crippen MR) is 103 cm³/mol. The molecule has 8 nitrogen and oxygen atoms in total. The molecule has 27 heavy (non-hydrogen) atoms. The lowest BCUT2D eigenvalue weighted by molar-refractivity contribution is -0.384. The van der Waals surface area contributed by atoms with Crippen LogP contribution in [0.2, 0.25) is 5.02 Å². The zero-order valence-corrected chi connectivity index (χ0v) is 15.8. The van der Waals surface area contributed by atoms with Gasteiger partial charge >= 0.3 is 0 Å². The number of halogens is 1. The number of nitrogens with zero attached hydrogens (tertiary/aromatic N) is 1. The molecule has 0 radical (unpaired) electrons. The highest BCUT2D eigenvalue weighted by atomic mass is 35.5. The maximum atomic E-state index is 12.2. The van der Waals surface area contributed by atoms with E-state index in [4.69, 9.17) is 11.6 Å². The molecule has 0 unspecified atom stereocenters. The lowest BCUT2D eigenvalue weighted by atomic mass is 10.2. The van der Waals surface area contributed by atoms with Crippen molar-refractivity contribution in [3.63, 3.8) is 0 Å². The zero-order valence-electron chi connectivity index (χ0n) is 14.2. The third kappa shape index (κ3) is 6.22. The highest BCUT2D eigenvalue weighted by molar-refractivity contribution is 7.91. The van der Waals surface area contributed by atoms with Crippen molar-refractivity contribution in [2.45, 2.75) is 11.3 Å². The van der Waals surface area contributed by atoms with Crippen molar-refractivity contribution < 1.29 is 18.1 Å². The standard InChI is InChI=1S/C17H18ClN3O5S/c18-13-5-7-14(8-6-13)27(25,26)12-9-17(22)20-11-10-19-15-3-1-2-4-16(15)21(23)24/h1-8,19H,9-12H2,(H,20,22). The molecule has 0 saturated heterocycles. The summed E-state index contributed by atoms with van der Waals surface area (Å²) < 4.78 is 24.3. The Labute approximate surface area is 161 Å². The van der Waals surface area contributed by atoms with Crippen LogP contribution in [0.1, 0.15) is 6.42 Å². The second kappa shape index (κ2) is 9.33. The second-order valence-corrected chi connectivity index (χ2v) is 8.12. The van der Waals surface area contributed by atoms with Gasteiger partial charge in [-0.25, -0.2) is 8.42 Å². The maximum absolute atomic E-state index is 12.2. The monoisotopic (exact) mass is 411 g/mol. The van der Waals surface area contributed by atoms with Crippen molar-refractivity contribution in [3.05, 3.63) is 63.7 Å². The fourth-order valence-electron chi connectivity index (χ4n) is 2.26. The predicted octanol–water partition coefficient (Wildman–Crippen LogP) is 2.64. The Morgan fingerprint density at radius 1 is 1.07 bits per heavy atom. The Bertz CT molecular complexity index is 916. The average molecular weight is 412 g/mol. The summed E-state index contributed by atoms with van der Waals surface area (Å²) >= 11 is 5.73. The first-order valence-electron chi connectivity index (χ1n) is 8.02. The van der Waals surface area contributed by atoms with Gasteiger partial charge in [-0.05, 0) is 30.3 Å². The first kappa shape index (κ1) is 20.7. The van der Waals surface area contributed by atoms with Crippen molar-refractivity contribution in [2.75, 3.05) is 24.2 Å². The normalized spacial score (nSPS) is 11.0. The van der Waals surface area contributed by atoms with Crippen molar-refractivity contribution in [3.8, 4) is 0 Å². The van der Waals surface area contributed by atoms with E-state index >= 15 is 0 Å². The van der Waals surface area contributed by atoms with Crippen molar-refractivity contribution in [1.29, 1.82) is 0 Å². The number of benzene rings is 2. The fraction of sp³-hybridized carbons (Fsp3) is 0.235. The molecule has 2 N–H and O–H groups in total. The molecule has 0 aliphatic heterocycles. The molecule has 0 aliphatic carbocycles. The summed E-state index contributed by atoms with van der Waals surface area (Å²) in [5.41, 5.74) is 0.292. The van der Waals surface area contributed by atoms with E-state index in [1.165, 1.54) is 30.3 Å². The van der Waals surface area contributed by atoms with Crippen LogP contribution in [0.3, 0.4) is 0 Å². The number of carbonyl (C=O) groups is 1. The third-order valence-electron chi connectivity index (χ3n) is 3.63. The van der Waals surface area contributed by atoms with Gasteiger partial charge in [-0.2, -0.15) is 0 Å². The number of rotatable bonds is 9. The number of hydrogen-bond donors (Lipinski definition) is 2. The number of para-hydroxylation sites is 2. The molecule has 2 aromatic carbocycles. The number of nitro groups is 1. The Kier molecular flexibility index (Phi) is 7.14. The molecule has 0 fully saturated rings. The van der Waals surface area contributed by atoms with Gasteiger partial charge in [0.2, 0.25) is 5.91 Å². The van der Waals surface area contributed by atoms with E-state index in [0.717, 1.165) is 0 Å². The minimum absolute atomic E-state index is 0.0575. The Balaban J connectivity index is 1.77. The molecular weight excluding hydrogens is 394 g/mol. The molecule has 0 atom stereocenters. The van der Waals surface area contributed by atoms with E-state index in [2.05, 4.69) is 10.6 Å². The molecule has 10 heteroatoms. The van der Waals surface area contributed by atoms with Crippen LogP contribution in [-0.2, 0) is 14.6 Å². The third-order valence-corrected chi connectivity index (χ3v) is 5.62. The van der Waals surface area contributed by atoms with E-state index in [-0.39, 0.29) is 35.8 Å². The Morgan fingerprint density at radius 2 is 1.74 bits per heavy atom. The average Bonchev–Trinajstić information content (AvgIpc) is 2.64. The quantitative estimate of drug-likeness (QED) is 0.372. The summed E-state index contributed by atoms with van der Waals surface area (Å²) in [6, 6.07) is 11.9. The molecule has 0 bridgehead atoms. The number of amides is 1. The first-order valence-corrected chi connectivity index (χ1v) is 10.0. The SMILES string of the molecule is O=C(CCS(=O)(=O)c1ccc(Cl)cc1)NCCNc1ccccc1[N+](=O)[O-]. The summed E-state index contributed by atoms with van der Waals surface area (Å²) in [6.45, 7) is 0.465. The lowest BCUT2D eigenvalue weighted by Gasteiger charge is -2.09. The maximum Gasteiger partial charge on any atom is 0.292 e.